The van der Waals surface area contributed by atoms with Gasteiger partial charge in [0.25, 0.3) is 0 Å². The molecule has 1 aromatic carbocycles. The Morgan fingerprint density at radius 1 is 1.44 bits per heavy atom. The smallest absolute Gasteiger partial charge is 0.158 e. The number of thioether (sulfide) groups is 1. The van der Waals surface area contributed by atoms with Crippen molar-refractivity contribution >= 4 is 37.4 Å². The summed E-state index contributed by atoms with van der Waals surface area (Å²) in [6.07, 6.45) is 5.86. The van der Waals surface area contributed by atoms with Gasteiger partial charge in [-0.1, -0.05) is 28.3 Å². The summed E-state index contributed by atoms with van der Waals surface area (Å²) in [4.78, 5) is 17.4. The van der Waals surface area contributed by atoms with Crippen molar-refractivity contribution in [1.29, 1.82) is 0 Å². The second-order valence-corrected chi connectivity index (χ2v) is 9.21. The van der Waals surface area contributed by atoms with Crippen LogP contribution >= 0.6 is 21.0 Å². The molecule has 0 bridgehead atoms. The number of carbonyl (C=O) groups excluding carboxylic acids is 1. The third kappa shape index (κ3) is 3.41. The van der Waals surface area contributed by atoms with Crippen molar-refractivity contribution in [2.45, 2.75) is 38.1 Å². The van der Waals surface area contributed by atoms with Crippen molar-refractivity contribution in [2.24, 2.45) is 5.92 Å². The van der Waals surface area contributed by atoms with Crippen LogP contribution < -0.4 is 0 Å². The Hall–Kier alpha value is -0.830. The number of hydrogen-bond acceptors (Lipinski definition) is 3. The van der Waals surface area contributed by atoms with Crippen LogP contribution in [0.4, 0.5) is 0 Å². The quantitative estimate of drug-likeness (QED) is 0.775. The zero-order valence-electron chi connectivity index (χ0n) is 14.8. The van der Waals surface area contributed by atoms with Gasteiger partial charge >= 0.3 is 0 Å². The summed E-state index contributed by atoms with van der Waals surface area (Å²) in [5, 5.41) is 1.48. The average Bonchev–Trinajstić information content (AvgIpc) is 3.00. The van der Waals surface area contributed by atoms with Gasteiger partial charge in [-0.05, 0) is 54.7 Å². The Morgan fingerprint density at radius 3 is 3.12 bits per heavy atom. The molecule has 0 amide bonds. The van der Waals surface area contributed by atoms with Gasteiger partial charge in [0.15, 0.2) is 5.52 Å². The van der Waals surface area contributed by atoms with Crippen molar-refractivity contribution in [3.05, 3.63) is 35.5 Å². The number of likely N-dealkylation sites (tertiary alicyclic amines) is 1. The van der Waals surface area contributed by atoms with Crippen LogP contribution in [0.2, 0.25) is 0 Å². The van der Waals surface area contributed by atoms with E-state index in [1.165, 1.54) is 48.8 Å². The van der Waals surface area contributed by atoms with Gasteiger partial charge in [0.1, 0.15) is 0 Å². The van der Waals surface area contributed by atoms with Crippen LogP contribution in [-0.2, 0) is 11.2 Å². The van der Waals surface area contributed by atoms with Crippen LogP contribution in [0.1, 0.15) is 36.8 Å². The topological polar surface area (TPSA) is 36.1 Å². The summed E-state index contributed by atoms with van der Waals surface area (Å²) in [6.45, 7) is 4.65. The molecule has 0 spiro atoms. The molecule has 25 heavy (non-hydrogen) atoms. The molecule has 1 aliphatic carbocycles. The van der Waals surface area contributed by atoms with Crippen molar-refractivity contribution in [2.75, 3.05) is 24.6 Å². The number of fused-ring (bicyclic) bond motifs is 2. The summed E-state index contributed by atoms with van der Waals surface area (Å²) >= 11 is 1.80. The lowest BCUT2D eigenvalue weighted by Crippen LogP contribution is -2.50. The highest BCUT2D eigenvalue weighted by Crippen LogP contribution is 2.45. The Kier molecular flexibility index (Phi) is 5.22. The number of hydrogen-bond donors (Lipinski definition) is 1. The molecule has 1 fully saturated rings. The lowest BCUT2D eigenvalue weighted by molar-refractivity contribution is -0.108. The molecule has 1 unspecified atom stereocenters. The monoisotopic (exact) mass is 374 g/mol. The summed E-state index contributed by atoms with van der Waals surface area (Å²) in [5.74, 6) is 3.03. The Labute approximate surface area is 156 Å². The SMILES string of the molecule is CCCN1C[C@H](CSCC(=O)P)C[C@@H]2c3cccc4[nH]cc(c34)C[C@H]21. The van der Waals surface area contributed by atoms with Crippen LogP contribution in [0, 0.1) is 5.92 Å². The van der Waals surface area contributed by atoms with Crippen LogP contribution in [0.5, 0.6) is 0 Å². The second-order valence-electron chi connectivity index (χ2n) is 7.54. The highest BCUT2D eigenvalue weighted by Gasteiger charge is 2.40. The molecular weight excluding hydrogens is 347 g/mol. The largest absolute Gasteiger partial charge is 0.361 e. The van der Waals surface area contributed by atoms with E-state index in [0.717, 1.165) is 5.75 Å². The van der Waals surface area contributed by atoms with E-state index < -0.39 is 0 Å². The van der Waals surface area contributed by atoms with E-state index in [2.05, 4.69) is 50.4 Å². The minimum atomic E-state index is 0.212. The molecule has 4 rings (SSSR count). The fraction of sp³-hybridized carbons (Fsp3) is 0.550. The maximum Gasteiger partial charge on any atom is 0.158 e. The number of carbonyl (C=O) groups is 1. The van der Waals surface area contributed by atoms with E-state index in [0.29, 0.717) is 23.6 Å². The van der Waals surface area contributed by atoms with Gasteiger partial charge in [0.2, 0.25) is 0 Å². The summed E-state index contributed by atoms with van der Waals surface area (Å²) < 4.78 is 0. The van der Waals surface area contributed by atoms with E-state index in [9.17, 15) is 4.79 Å². The van der Waals surface area contributed by atoms with Gasteiger partial charge in [-0.15, -0.1) is 0 Å². The molecule has 1 N–H and O–H groups in total. The zero-order chi connectivity index (χ0) is 17.4. The van der Waals surface area contributed by atoms with E-state index in [1.54, 1.807) is 17.3 Å². The third-order valence-electron chi connectivity index (χ3n) is 5.77. The van der Waals surface area contributed by atoms with Crippen LogP contribution in [0.25, 0.3) is 10.9 Å². The molecule has 4 atom stereocenters. The number of rotatable bonds is 6. The molecule has 134 valence electrons. The van der Waals surface area contributed by atoms with Crippen molar-refractivity contribution in [3.63, 3.8) is 0 Å². The minimum Gasteiger partial charge on any atom is -0.361 e. The average molecular weight is 374 g/mol. The molecule has 2 aliphatic rings. The van der Waals surface area contributed by atoms with Crippen molar-refractivity contribution in [3.8, 4) is 0 Å². The van der Waals surface area contributed by atoms with Crippen molar-refractivity contribution in [1.82, 2.24) is 9.88 Å². The van der Waals surface area contributed by atoms with Crippen LogP contribution in [0.15, 0.2) is 24.4 Å². The molecule has 2 aromatic rings. The van der Waals surface area contributed by atoms with Gasteiger partial charge in [-0.2, -0.15) is 11.8 Å². The minimum absolute atomic E-state index is 0.212. The zero-order valence-corrected chi connectivity index (χ0v) is 16.8. The second kappa shape index (κ2) is 7.42. The Balaban J connectivity index is 1.61. The Morgan fingerprint density at radius 2 is 2.32 bits per heavy atom. The number of benzene rings is 1. The fourth-order valence-electron chi connectivity index (χ4n) is 4.89. The van der Waals surface area contributed by atoms with E-state index >= 15 is 0 Å². The molecule has 1 aliphatic heterocycles. The van der Waals surface area contributed by atoms with Gasteiger partial charge in [-0.25, -0.2) is 0 Å². The Bertz CT molecular complexity index is 774. The van der Waals surface area contributed by atoms with E-state index in [4.69, 9.17) is 0 Å². The van der Waals surface area contributed by atoms with Crippen LogP contribution in [0.3, 0.4) is 0 Å². The van der Waals surface area contributed by atoms with Gasteiger partial charge in [0, 0.05) is 35.6 Å². The lowest BCUT2D eigenvalue weighted by Gasteiger charge is -2.47. The highest BCUT2D eigenvalue weighted by molar-refractivity contribution is 8.00. The maximum absolute atomic E-state index is 11.2. The molecule has 0 saturated carbocycles. The standard InChI is InChI=1S/C20H27N2OPS/c1-2-6-22-10-13(11-25-12-19(23)24)7-16-15-4-3-5-17-20(15)14(9-21-17)8-18(16)22/h3-5,9,13,16,18,21H,2,6-8,10-12,24H2,1H3/t13-,16-,18-/m1/s1. The molecule has 1 aromatic heterocycles. The number of piperidine rings is 1. The first-order valence-electron chi connectivity index (χ1n) is 9.36. The fourth-order valence-corrected chi connectivity index (χ4v) is 6.14. The molecule has 3 nitrogen and oxygen atoms in total. The van der Waals surface area contributed by atoms with E-state index in [-0.39, 0.29) is 5.52 Å². The molecule has 1 saturated heterocycles. The number of H-pyrrole nitrogens is 1. The number of nitrogens with zero attached hydrogens (tertiary/aromatic N) is 1. The summed E-state index contributed by atoms with van der Waals surface area (Å²) in [5.41, 5.74) is 4.54. The predicted molar refractivity (Wildman–Crippen MR) is 111 cm³/mol. The first-order chi connectivity index (χ1) is 12.2. The number of nitrogens with one attached hydrogen (secondary N) is 1. The number of aromatic nitrogens is 1. The highest BCUT2D eigenvalue weighted by atomic mass is 32.2. The molecule has 2 heterocycles. The third-order valence-corrected chi connectivity index (χ3v) is 7.47. The summed E-state index contributed by atoms with van der Waals surface area (Å²) in [7, 11) is 2.30. The first kappa shape index (κ1) is 17.6. The normalized spacial score (nSPS) is 25.9. The van der Waals surface area contributed by atoms with Crippen molar-refractivity contribution < 1.29 is 4.79 Å². The lowest BCUT2D eigenvalue weighted by atomic mass is 9.72. The maximum atomic E-state index is 11.2. The molecule has 5 heteroatoms. The van der Waals surface area contributed by atoms with E-state index in [1.807, 2.05) is 0 Å². The van der Waals surface area contributed by atoms with Crippen LogP contribution in [-0.4, -0.2) is 46.0 Å². The number of aromatic amines is 1. The van der Waals surface area contributed by atoms with Gasteiger partial charge < -0.3 is 4.98 Å². The summed E-state index contributed by atoms with van der Waals surface area (Å²) in [6, 6.07) is 7.39. The predicted octanol–water partition coefficient (Wildman–Crippen LogP) is 4.04. The van der Waals surface area contributed by atoms with Gasteiger partial charge in [0.05, 0.1) is 5.75 Å². The molecule has 0 radical (unpaired) electrons. The molecular formula is C20H27N2OPS. The first-order valence-corrected chi connectivity index (χ1v) is 11.1. The van der Waals surface area contributed by atoms with Gasteiger partial charge in [-0.3, -0.25) is 9.69 Å².